The third-order valence-electron chi connectivity index (χ3n) is 3.87. The van der Waals surface area contributed by atoms with Crippen LogP contribution in [0.5, 0.6) is 5.88 Å². The van der Waals surface area contributed by atoms with E-state index in [1.807, 2.05) is 30.3 Å². The maximum atomic E-state index is 10.1. The molecule has 2 aliphatic heterocycles. The lowest BCUT2D eigenvalue weighted by molar-refractivity contribution is 0.448. The molecule has 2 aromatic carbocycles. The Kier molecular flexibility index (Phi) is 4.03. The molecule has 0 saturated carbocycles. The Morgan fingerprint density at radius 2 is 1.64 bits per heavy atom. The van der Waals surface area contributed by atoms with E-state index in [1.54, 1.807) is 22.8 Å². The van der Waals surface area contributed by atoms with Crippen molar-refractivity contribution in [3.8, 4) is 28.8 Å². The Morgan fingerprint density at radius 1 is 0.920 bits per heavy atom. The first-order chi connectivity index (χ1) is 12.1. The predicted octanol–water partition coefficient (Wildman–Crippen LogP) is 4.51. The summed E-state index contributed by atoms with van der Waals surface area (Å²) in [6.45, 7) is 0.370. The summed E-state index contributed by atoms with van der Waals surface area (Å²) in [6.07, 6.45) is 1.50. The summed E-state index contributed by atoms with van der Waals surface area (Å²) in [5, 5.41) is 11.2. The van der Waals surface area contributed by atoms with Gasteiger partial charge in [-0.1, -0.05) is 59.6 Å². The average molecular weight is 371 g/mol. The fourth-order valence-corrected chi connectivity index (χ4v) is 3.13. The standard InChI is InChI=1S/C18H12Cl2N4O/c19-13-7-4-8-14(20)12(13)9-24-10-21-18(25)15-17(24)23-16(22-15)11-5-2-1-3-6-11/h1-8,10,25H,9H2. The van der Waals surface area contributed by atoms with Gasteiger partial charge in [0.25, 0.3) is 0 Å². The number of imidazole rings is 1. The number of hydrogen-bond acceptors (Lipinski definition) is 4. The summed E-state index contributed by atoms with van der Waals surface area (Å²) in [7, 11) is 0. The highest BCUT2D eigenvalue weighted by molar-refractivity contribution is 6.35. The van der Waals surface area contributed by atoms with Gasteiger partial charge in [-0.25, -0.2) is 15.0 Å². The molecular weight excluding hydrogens is 359 g/mol. The topological polar surface area (TPSA) is 63.8 Å². The number of fused-ring (bicyclic) bond motifs is 1. The maximum absolute atomic E-state index is 10.1. The molecule has 0 unspecified atom stereocenters. The molecule has 0 saturated heterocycles. The second-order valence-corrected chi connectivity index (χ2v) is 6.30. The van der Waals surface area contributed by atoms with Crippen LogP contribution in [0, 0.1) is 0 Å². The zero-order valence-corrected chi connectivity index (χ0v) is 14.4. The smallest absolute Gasteiger partial charge is 0.242 e. The number of nitrogens with zero attached hydrogens (tertiary/aromatic N) is 4. The first-order valence-electron chi connectivity index (χ1n) is 7.53. The van der Waals surface area contributed by atoms with E-state index >= 15 is 0 Å². The van der Waals surface area contributed by atoms with E-state index < -0.39 is 0 Å². The van der Waals surface area contributed by atoms with Crippen LogP contribution >= 0.6 is 23.2 Å². The first-order valence-corrected chi connectivity index (χ1v) is 8.29. The Hall–Kier alpha value is -2.63. The molecule has 0 bridgehead atoms. The van der Waals surface area contributed by atoms with Crippen LogP contribution < -0.4 is 0 Å². The maximum Gasteiger partial charge on any atom is 0.242 e. The van der Waals surface area contributed by atoms with E-state index in [9.17, 15) is 5.11 Å². The van der Waals surface area contributed by atoms with Crippen molar-refractivity contribution in [3.05, 3.63) is 70.5 Å². The van der Waals surface area contributed by atoms with Crippen molar-refractivity contribution in [2.24, 2.45) is 0 Å². The lowest BCUT2D eigenvalue weighted by atomic mass is 10.2. The summed E-state index contributed by atoms with van der Waals surface area (Å²) >= 11 is 12.5. The molecule has 25 heavy (non-hydrogen) atoms. The molecule has 2 aromatic rings. The molecule has 0 spiro atoms. The van der Waals surface area contributed by atoms with Crippen LogP contribution in [0.3, 0.4) is 0 Å². The average Bonchev–Trinajstić information content (AvgIpc) is 3.07. The Morgan fingerprint density at radius 3 is 2.36 bits per heavy atom. The Bertz CT molecular complexity index is 997. The van der Waals surface area contributed by atoms with Gasteiger partial charge in [-0.3, -0.25) is 0 Å². The molecular formula is C18H12Cl2N4O. The first kappa shape index (κ1) is 15.9. The predicted molar refractivity (Wildman–Crippen MR) is 97.1 cm³/mol. The van der Waals surface area contributed by atoms with Crippen molar-refractivity contribution in [1.82, 2.24) is 19.5 Å². The van der Waals surface area contributed by atoms with Crippen LogP contribution in [0.15, 0.2) is 54.9 Å². The molecule has 2 heterocycles. The van der Waals surface area contributed by atoms with Crippen molar-refractivity contribution >= 4 is 23.2 Å². The molecule has 0 fully saturated rings. The zero-order chi connectivity index (χ0) is 17.4. The summed E-state index contributed by atoms with van der Waals surface area (Å²) in [4.78, 5) is 13.0. The van der Waals surface area contributed by atoms with Crippen LogP contribution in [-0.2, 0) is 6.54 Å². The highest BCUT2D eigenvalue weighted by Gasteiger charge is 2.21. The molecule has 0 radical (unpaired) electrons. The summed E-state index contributed by atoms with van der Waals surface area (Å²) in [5.41, 5.74) is 1.96. The van der Waals surface area contributed by atoms with E-state index in [-0.39, 0.29) is 5.88 Å². The number of rotatable bonds is 3. The van der Waals surface area contributed by atoms with E-state index in [1.165, 1.54) is 6.33 Å². The lowest BCUT2D eigenvalue weighted by Gasteiger charge is -2.12. The number of aromatic nitrogens is 4. The minimum absolute atomic E-state index is 0.161. The van der Waals surface area contributed by atoms with Gasteiger partial charge in [-0.15, -0.1) is 0 Å². The minimum atomic E-state index is -0.161. The summed E-state index contributed by atoms with van der Waals surface area (Å²) in [5.74, 6) is 0.881. The van der Waals surface area contributed by atoms with Crippen LogP contribution in [-0.4, -0.2) is 24.6 Å². The van der Waals surface area contributed by atoms with Gasteiger partial charge in [0.1, 0.15) is 6.33 Å². The van der Waals surface area contributed by atoms with Gasteiger partial charge in [-0.05, 0) is 12.1 Å². The molecule has 1 N–H and O–H groups in total. The van der Waals surface area contributed by atoms with Gasteiger partial charge >= 0.3 is 0 Å². The van der Waals surface area contributed by atoms with Gasteiger partial charge in [-0.2, -0.15) is 0 Å². The van der Waals surface area contributed by atoms with Crippen LogP contribution in [0.2, 0.25) is 10.0 Å². The third kappa shape index (κ3) is 2.92. The molecule has 0 atom stereocenters. The SMILES string of the molecule is Oc1ncn(Cc2c(Cl)cccc2Cl)c2nc(-c3ccccc3)nc1-2. The summed E-state index contributed by atoms with van der Waals surface area (Å²) < 4.78 is 1.77. The molecule has 2 aliphatic rings. The molecule has 124 valence electrons. The van der Waals surface area contributed by atoms with E-state index in [4.69, 9.17) is 23.2 Å². The fraction of sp³-hybridized carbons (Fsp3) is 0.0556. The fourth-order valence-electron chi connectivity index (χ4n) is 2.61. The molecule has 4 rings (SSSR count). The second-order valence-electron chi connectivity index (χ2n) is 5.48. The van der Waals surface area contributed by atoms with Crippen molar-refractivity contribution in [3.63, 3.8) is 0 Å². The molecule has 0 amide bonds. The molecule has 0 aromatic heterocycles. The van der Waals surface area contributed by atoms with Gasteiger partial charge in [0, 0.05) is 21.2 Å². The van der Waals surface area contributed by atoms with Crippen molar-refractivity contribution in [1.29, 1.82) is 0 Å². The third-order valence-corrected chi connectivity index (χ3v) is 4.57. The lowest BCUT2D eigenvalue weighted by Crippen LogP contribution is -2.07. The highest BCUT2D eigenvalue weighted by Crippen LogP contribution is 2.32. The number of halogens is 2. The van der Waals surface area contributed by atoms with E-state index in [0.717, 1.165) is 11.1 Å². The van der Waals surface area contributed by atoms with Crippen LogP contribution in [0.1, 0.15) is 5.56 Å². The molecule has 5 nitrogen and oxygen atoms in total. The molecule has 0 aliphatic carbocycles. The quantitative estimate of drug-likeness (QED) is 0.576. The van der Waals surface area contributed by atoms with Crippen LogP contribution in [0.4, 0.5) is 0 Å². The zero-order valence-electron chi connectivity index (χ0n) is 12.9. The van der Waals surface area contributed by atoms with Crippen molar-refractivity contribution in [2.75, 3.05) is 0 Å². The molecule has 7 heteroatoms. The number of benzene rings is 2. The number of aromatic hydroxyl groups is 1. The van der Waals surface area contributed by atoms with Gasteiger partial charge < -0.3 is 9.67 Å². The van der Waals surface area contributed by atoms with Gasteiger partial charge in [0.15, 0.2) is 17.3 Å². The largest absolute Gasteiger partial charge is 0.492 e. The van der Waals surface area contributed by atoms with Gasteiger partial charge in [0.05, 0.1) is 6.54 Å². The van der Waals surface area contributed by atoms with E-state index in [2.05, 4.69) is 15.0 Å². The minimum Gasteiger partial charge on any atom is -0.492 e. The van der Waals surface area contributed by atoms with Crippen molar-refractivity contribution in [2.45, 2.75) is 6.54 Å². The Labute approximate surface area is 153 Å². The highest BCUT2D eigenvalue weighted by atomic mass is 35.5. The van der Waals surface area contributed by atoms with Crippen molar-refractivity contribution < 1.29 is 5.11 Å². The van der Waals surface area contributed by atoms with Crippen LogP contribution in [0.25, 0.3) is 22.9 Å². The number of hydrogen-bond donors (Lipinski definition) is 1. The Balaban J connectivity index is 1.83. The second kappa shape index (κ2) is 6.35. The normalized spacial score (nSPS) is 11.1. The van der Waals surface area contributed by atoms with Gasteiger partial charge in [0.2, 0.25) is 5.88 Å². The monoisotopic (exact) mass is 370 g/mol. The van der Waals surface area contributed by atoms with E-state index in [0.29, 0.717) is 33.9 Å². The summed E-state index contributed by atoms with van der Waals surface area (Å²) in [6, 6.07) is 14.9.